The minimum Gasteiger partial charge on any atom is -0.351 e. The van der Waals surface area contributed by atoms with E-state index in [-0.39, 0.29) is 39.8 Å². The summed E-state index contributed by atoms with van der Waals surface area (Å²) < 4.78 is 72.6. The van der Waals surface area contributed by atoms with Crippen LogP contribution in [0.15, 0.2) is 34.0 Å². The summed E-state index contributed by atoms with van der Waals surface area (Å²) in [6, 6.07) is 3.36. The Hall–Kier alpha value is -2.66. The topological polar surface area (TPSA) is 50.2 Å². The molecule has 0 bridgehead atoms. The summed E-state index contributed by atoms with van der Waals surface area (Å²) >= 11 is 1.13. The molecule has 1 atom stereocenters. The predicted octanol–water partition coefficient (Wildman–Crippen LogP) is 4.26. The largest absolute Gasteiger partial charge is 0.417 e. The van der Waals surface area contributed by atoms with E-state index in [0.29, 0.717) is 37.0 Å². The Labute approximate surface area is 189 Å². The molecule has 1 aromatic heterocycles. The van der Waals surface area contributed by atoms with Crippen molar-refractivity contribution in [2.75, 3.05) is 30.3 Å². The van der Waals surface area contributed by atoms with Gasteiger partial charge in [-0.05, 0) is 25.1 Å². The van der Waals surface area contributed by atoms with E-state index < -0.39 is 29.1 Å². The Bertz CT molecular complexity index is 1320. The van der Waals surface area contributed by atoms with Gasteiger partial charge in [-0.25, -0.2) is 13.6 Å². The Morgan fingerprint density at radius 1 is 1.18 bits per heavy atom. The summed E-state index contributed by atoms with van der Waals surface area (Å²) in [5.41, 5.74) is -2.03. The van der Waals surface area contributed by atoms with Crippen LogP contribution in [0.4, 0.5) is 27.8 Å². The summed E-state index contributed by atoms with van der Waals surface area (Å²) in [7, 11) is 0. The first kappa shape index (κ1) is 22.1. The van der Waals surface area contributed by atoms with Crippen molar-refractivity contribution in [1.29, 1.82) is 0 Å². The maximum Gasteiger partial charge on any atom is 0.417 e. The number of nitrogens with zero attached hydrogens (tertiary/aromatic N) is 3. The zero-order valence-electron chi connectivity index (χ0n) is 17.5. The summed E-state index contributed by atoms with van der Waals surface area (Å²) in [5.74, 6) is -1.46. The van der Waals surface area contributed by atoms with Gasteiger partial charge >= 0.3 is 11.9 Å². The zero-order chi connectivity index (χ0) is 23.5. The lowest BCUT2D eigenvalue weighted by Crippen LogP contribution is -2.51. The van der Waals surface area contributed by atoms with E-state index in [2.05, 4.69) is 10.3 Å². The highest BCUT2D eigenvalue weighted by Crippen LogP contribution is 2.49. The maximum atomic E-state index is 14.7. The van der Waals surface area contributed by atoms with Crippen LogP contribution in [0.2, 0.25) is 0 Å². The number of rotatable bonds is 2. The molecule has 3 heterocycles. The van der Waals surface area contributed by atoms with Crippen molar-refractivity contribution in [1.82, 2.24) is 14.9 Å². The first-order valence-corrected chi connectivity index (χ1v) is 11.4. The molecular formula is C22H19F5N4OS. The molecule has 2 aliphatic rings. The lowest BCUT2D eigenvalue weighted by atomic mass is 9.95. The lowest BCUT2D eigenvalue weighted by molar-refractivity contribution is -0.137. The zero-order valence-corrected chi connectivity index (χ0v) is 18.3. The third kappa shape index (κ3) is 3.67. The summed E-state index contributed by atoms with van der Waals surface area (Å²) in [4.78, 5) is 19.1. The quantitative estimate of drug-likeness (QED) is 0.553. The normalized spacial score (nSPS) is 18.7. The van der Waals surface area contributed by atoms with Crippen molar-refractivity contribution in [3.63, 3.8) is 0 Å². The van der Waals surface area contributed by atoms with Crippen LogP contribution in [0.1, 0.15) is 12.5 Å². The van der Waals surface area contributed by atoms with Gasteiger partial charge in [0.15, 0.2) is 0 Å². The fraction of sp³-hybridized carbons (Fsp3) is 0.364. The second-order valence-electron chi connectivity index (χ2n) is 8.11. The highest BCUT2D eigenvalue weighted by molar-refractivity contribution is 7.99. The number of anilines is 1. The van der Waals surface area contributed by atoms with Gasteiger partial charge in [-0.3, -0.25) is 4.57 Å². The average Bonchev–Trinajstić information content (AvgIpc) is 2.76. The minimum absolute atomic E-state index is 0.0905. The lowest BCUT2D eigenvalue weighted by Gasteiger charge is -2.36. The maximum absolute atomic E-state index is 14.7. The van der Waals surface area contributed by atoms with Gasteiger partial charge in [-0.15, -0.1) is 11.8 Å². The molecule has 1 fully saturated rings. The van der Waals surface area contributed by atoms with Crippen LogP contribution < -0.4 is 15.9 Å². The summed E-state index contributed by atoms with van der Waals surface area (Å²) in [5, 5.41) is 3.41. The fourth-order valence-electron chi connectivity index (χ4n) is 4.54. The van der Waals surface area contributed by atoms with Gasteiger partial charge in [0, 0.05) is 65.4 Å². The van der Waals surface area contributed by atoms with E-state index in [1.165, 1.54) is 4.57 Å². The second kappa shape index (κ2) is 7.98. The Morgan fingerprint density at radius 3 is 2.67 bits per heavy atom. The minimum atomic E-state index is -4.81. The molecule has 0 saturated carbocycles. The predicted molar refractivity (Wildman–Crippen MR) is 117 cm³/mol. The molecule has 1 unspecified atom stereocenters. The molecule has 33 heavy (non-hydrogen) atoms. The molecule has 0 spiro atoms. The number of thioether (sulfide) groups is 1. The number of aromatic nitrogens is 2. The van der Waals surface area contributed by atoms with E-state index >= 15 is 0 Å². The standard InChI is InChI=1S/C22H19F5N4OS/c1-11-10-28-4-5-30(11)20-14-9-15(22(25,26)27)17(13-3-2-12(23)8-16(13)24)19-18(14)31(6-7-33-19)21(32)29-20/h2-3,8-9,11,28H,4-7,10H2,1H3. The number of halogens is 5. The Balaban J connectivity index is 1.92. The highest BCUT2D eigenvalue weighted by Gasteiger charge is 2.39. The molecule has 0 aliphatic carbocycles. The van der Waals surface area contributed by atoms with Crippen LogP contribution in [-0.4, -0.2) is 41.0 Å². The molecule has 0 amide bonds. The van der Waals surface area contributed by atoms with Gasteiger partial charge in [0.25, 0.3) is 0 Å². The van der Waals surface area contributed by atoms with Crippen LogP contribution in [-0.2, 0) is 12.7 Å². The summed E-state index contributed by atoms with van der Waals surface area (Å²) in [6.07, 6.45) is -4.81. The molecule has 11 heteroatoms. The van der Waals surface area contributed by atoms with Gasteiger partial charge < -0.3 is 10.2 Å². The van der Waals surface area contributed by atoms with Crippen molar-refractivity contribution >= 4 is 28.5 Å². The van der Waals surface area contributed by atoms with Crippen LogP contribution in [0.25, 0.3) is 22.0 Å². The van der Waals surface area contributed by atoms with Crippen molar-refractivity contribution in [2.24, 2.45) is 0 Å². The van der Waals surface area contributed by atoms with E-state index in [0.717, 1.165) is 30.0 Å². The van der Waals surface area contributed by atoms with Crippen LogP contribution >= 0.6 is 11.8 Å². The molecule has 174 valence electrons. The van der Waals surface area contributed by atoms with Crippen LogP contribution in [0, 0.1) is 11.6 Å². The van der Waals surface area contributed by atoms with E-state index in [9.17, 15) is 26.7 Å². The number of benzene rings is 2. The Kier molecular flexibility index (Phi) is 5.36. The highest BCUT2D eigenvalue weighted by atomic mass is 32.2. The molecule has 2 aromatic carbocycles. The van der Waals surface area contributed by atoms with Crippen LogP contribution in [0.3, 0.4) is 0 Å². The van der Waals surface area contributed by atoms with Crippen molar-refractivity contribution < 1.29 is 22.0 Å². The number of piperazine rings is 1. The molecule has 5 nitrogen and oxygen atoms in total. The number of nitrogens with one attached hydrogen (secondary N) is 1. The number of hydrogen-bond acceptors (Lipinski definition) is 5. The van der Waals surface area contributed by atoms with Gasteiger partial charge in [0.2, 0.25) is 0 Å². The first-order valence-electron chi connectivity index (χ1n) is 10.4. The van der Waals surface area contributed by atoms with E-state index in [1.807, 2.05) is 11.8 Å². The van der Waals surface area contributed by atoms with E-state index in [1.54, 1.807) is 0 Å². The number of alkyl halides is 3. The van der Waals surface area contributed by atoms with Gasteiger partial charge in [0.05, 0.1) is 11.1 Å². The molecule has 1 N–H and O–H groups in total. The first-order chi connectivity index (χ1) is 15.7. The Morgan fingerprint density at radius 2 is 1.97 bits per heavy atom. The number of aryl methyl sites for hydroxylation is 1. The molecule has 3 aromatic rings. The smallest absolute Gasteiger partial charge is 0.351 e. The van der Waals surface area contributed by atoms with Crippen molar-refractivity contribution in [3.8, 4) is 11.1 Å². The molecule has 1 saturated heterocycles. The second-order valence-corrected chi connectivity index (χ2v) is 9.22. The molecule has 0 radical (unpaired) electrons. The SMILES string of the molecule is CC1CNCCN1c1nc(=O)n2c3c(c(-c4ccc(F)cc4F)c(C(F)(F)F)cc13)SCC2. The molecule has 2 aliphatic heterocycles. The van der Waals surface area contributed by atoms with Crippen LogP contribution in [0.5, 0.6) is 0 Å². The van der Waals surface area contributed by atoms with Gasteiger partial charge in [0.1, 0.15) is 17.5 Å². The molecular weight excluding hydrogens is 463 g/mol. The van der Waals surface area contributed by atoms with Crippen molar-refractivity contribution in [3.05, 3.63) is 51.9 Å². The third-order valence-electron chi connectivity index (χ3n) is 6.04. The molecule has 5 rings (SSSR count). The average molecular weight is 482 g/mol. The fourth-order valence-corrected chi connectivity index (χ4v) is 5.74. The monoisotopic (exact) mass is 482 g/mol. The van der Waals surface area contributed by atoms with Gasteiger partial charge in [-0.2, -0.15) is 18.2 Å². The van der Waals surface area contributed by atoms with Gasteiger partial charge in [-0.1, -0.05) is 0 Å². The third-order valence-corrected chi connectivity index (χ3v) is 7.11. The van der Waals surface area contributed by atoms with E-state index in [4.69, 9.17) is 0 Å². The van der Waals surface area contributed by atoms with Crippen molar-refractivity contribution in [2.45, 2.75) is 30.6 Å². The summed E-state index contributed by atoms with van der Waals surface area (Å²) in [6.45, 7) is 3.85. The number of hydrogen-bond donors (Lipinski definition) is 1.